The summed E-state index contributed by atoms with van der Waals surface area (Å²) >= 11 is 0. The number of nitrogens with one attached hydrogen (secondary N) is 4. The quantitative estimate of drug-likeness (QED) is 0.132. The van der Waals surface area contributed by atoms with Crippen molar-refractivity contribution >= 4 is 47.9 Å². The third kappa shape index (κ3) is 9.86. The molecule has 0 saturated carbocycles. The molecular formula is C39H50N6O6S2. The van der Waals surface area contributed by atoms with Crippen LogP contribution in [0, 0.1) is 0 Å². The average Bonchev–Trinajstić information content (AvgIpc) is 3.96. The molecule has 1 amide bonds. The molecule has 53 heavy (non-hydrogen) atoms. The molecule has 0 spiro atoms. The molecule has 284 valence electrons. The van der Waals surface area contributed by atoms with E-state index in [0.717, 1.165) is 63.3 Å². The van der Waals surface area contributed by atoms with Gasteiger partial charge in [0.05, 0.1) is 11.5 Å². The van der Waals surface area contributed by atoms with Crippen molar-refractivity contribution in [3.63, 3.8) is 0 Å². The van der Waals surface area contributed by atoms with Crippen LogP contribution in [0.4, 0.5) is 4.79 Å². The Morgan fingerprint density at radius 1 is 0.736 bits per heavy atom. The van der Waals surface area contributed by atoms with E-state index in [9.17, 15) is 21.6 Å². The number of hydrogen-bond acceptors (Lipinski definition) is 7. The van der Waals surface area contributed by atoms with Crippen LogP contribution in [0.3, 0.4) is 0 Å². The minimum Gasteiger partial charge on any atom is -0.445 e. The molecule has 4 heterocycles. The number of sulfonamides is 2. The van der Waals surface area contributed by atoms with Crippen LogP contribution in [0.15, 0.2) is 79.1 Å². The molecule has 2 aliphatic heterocycles. The van der Waals surface area contributed by atoms with Crippen LogP contribution in [0.1, 0.15) is 53.5 Å². The van der Waals surface area contributed by atoms with Crippen LogP contribution in [-0.2, 0) is 55.7 Å². The van der Waals surface area contributed by atoms with Gasteiger partial charge in [-0.15, -0.1) is 0 Å². The van der Waals surface area contributed by atoms with Crippen molar-refractivity contribution in [3.8, 4) is 0 Å². The second-order valence-corrected chi connectivity index (χ2v) is 17.9. The fourth-order valence-corrected chi connectivity index (χ4v) is 8.91. The van der Waals surface area contributed by atoms with Crippen molar-refractivity contribution in [2.75, 3.05) is 34.2 Å². The number of likely N-dealkylation sites (N-methyl/N-ethyl adjacent to an activating group) is 1. The lowest BCUT2D eigenvalue weighted by Crippen LogP contribution is -2.37. The molecule has 2 aliphatic rings. The van der Waals surface area contributed by atoms with Crippen molar-refractivity contribution in [1.82, 2.24) is 29.2 Å². The third-order valence-electron chi connectivity index (χ3n) is 10.4. The maximum absolute atomic E-state index is 12.7. The summed E-state index contributed by atoms with van der Waals surface area (Å²) in [6, 6.07) is 21.8. The number of benzene rings is 3. The molecule has 2 atom stereocenters. The van der Waals surface area contributed by atoms with Crippen LogP contribution in [0.2, 0.25) is 0 Å². The predicted molar refractivity (Wildman–Crippen MR) is 209 cm³/mol. The number of ether oxygens (including phenoxy) is 1. The number of aromatic nitrogens is 2. The molecule has 3 aromatic carbocycles. The number of H-pyrrole nitrogens is 2. The molecule has 0 bridgehead atoms. The summed E-state index contributed by atoms with van der Waals surface area (Å²) in [5.74, 6) is -0.0428. The number of carbonyl (C=O) groups excluding carboxylic acids is 1. The van der Waals surface area contributed by atoms with E-state index in [0.29, 0.717) is 19.0 Å². The van der Waals surface area contributed by atoms with Gasteiger partial charge in [0.1, 0.15) is 6.61 Å². The summed E-state index contributed by atoms with van der Waals surface area (Å²) < 4.78 is 57.5. The third-order valence-corrected chi connectivity index (χ3v) is 13.1. The van der Waals surface area contributed by atoms with Gasteiger partial charge in [0.2, 0.25) is 20.0 Å². The highest BCUT2D eigenvalue weighted by Crippen LogP contribution is 2.28. The predicted octanol–water partition coefficient (Wildman–Crippen LogP) is 5.41. The zero-order valence-corrected chi connectivity index (χ0v) is 32.2. The number of aromatic amines is 2. The molecule has 0 aliphatic carbocycles. The monoisotopic (exact) mass is 762 g/mol. The first-order chi connectivity index (χ1) is 25.4. The van der Waals surface area contributed by atoms with E-state index in [1.807, 2.05) is 77.8 Å². The average molecular weight is 763 g/mol. The lowest BCUT2D eigenvalue weighted by Gasteiger charge is -2.24. The molecule has 4 N–H and O–H groups in total. The smallest absolute Gasteiger partial charge is 0.410 e. The van der Waals surface area contributed by atoms with Gasteiger partial charge in [-0.2, -0.15) is 0 Å². The normalized spacial score (nSPS) is 18.1. The van der Waals surface area contributed by atoms with Crippen molar-refractivity contribution in [1.29, 1.82) is 0 Å². The second-order valence-electron chi connectivity index (χ2n) is 14.0. The highest BCUT2D eigenvalue weighted by molar-refractivity contribution is 7.88. The molecule has 0 unspecified atom stereocenters. The number of nitrogens with zero attached hydrogens (tertiary/aromatic N) is 2. The van der Waals surface area contributed by atoms with Crippen molar-refractivity contribution < 1.29 is 26.4 Å². The Morgan fingerprint density at radius 3 is 1.79 bits per heavy atom. The van der Waals surface area contributed by atoms with Crippen LogP contribution in [0.25, 0.3) is 21.8 Å². The first kappa shape index (κ1) is 38.5. The van der Waals surface area contributed by atoms with Gasteiger partial charge in [0.25, 0.3) is 0 Å². The van der Waals surface area contributed by atoms with Crippen LogP contribution in [0.5, 0.6) is 0 Å². The minimum atomic E-state index is -3.34. The summed E-state index contributed by atoms with van der Waals surface area (Å²) in [6.07, 6.45) is 9.79. The standard InChI is InChI=1S/C23H27N3O4S.C16H23N3O2S/c1-24-31(28,29)16-18-9-10-22-21(12-18)19(14-25-22)13-20-8-5-11-26(20)23(27)30-15-17-6-3-2-4-7-17;1-17-22(20,21)11-12-5-6-16-15(8-12)13(10-18-16)9-14-4-3-7-19(14)2/h2-4,6-7,9-10,12,14,20,24-25H,5,8,11,13,15-16H2,1H3;5-6,8,10,14,17-18H,3-4,7,9,11H2,1-2H3/t20-;14-/m11/s1. The van der Waals surface area contributed by atoms with Crippen molar-refractivity contribution in [2.24, 2.45) is 0 Å². The number of hydrogen-bond donors (Lipinski definition) is 4. The fourth-order valence-electron chi connectivity index (χ4n) is 7.39. The molecule has 5 aromatic rings. The molecular weight excluding hydrogens is 713 g/mol. The Labute approximate surface area is 312 Å². The van der Waals surface area contributed by atoms with E-state index in [4.69, 9.17) is 4.74 Å². The summed E-state index contributed by atoms with van der Waals surface area (Å²) in [5, 5.41) is 2.14. The Kier molecular flexibility index (Phi) is 12.2. The lowest BCUT2D eigenvalue weighted by molar-refractivity contribution is 0.0921. The minimum absolute atomic E-state index is 0.0212. The number of amides is 1. The summed E-state index contributed by atoms with van der Waals surface area (Å²) in [6.45, 7) is 2.12. The highest BCUT2D eigenvalue weighted by atomic mass is 32.2. The molecule has 2 aromatic heterocycles. The van der Waals surface area contributed by atoms with Crippen LogP contribution < -0.4 is 9.44 Å². The van der Waals surface area contributed by atoms with Gasteiger partial charge in [-0.3, -0.25) is 0 Å². The zero-order chi connectivity index (χ0) is 37.6. The molecule has 2 fully saturated rings. The van der Waals surface area contributed by atoms with E-state index in [1.54, 1.807) is 0 Å². The molecule has 7 rings (SSSR count). The molecule has 2 saturated heterocycles. The Balaban J connectivity index is 0.000000192. The van der Waals surface area contributed by atoms with Gasteiger partial charge >= 0.3 is 6.09 Å². The Bertz CT molecular complexity index is 2240. The SMILES string of the molecule is CNS(=O)(=O)Cc1ccc2[nH]cc(C[C@H]3CCCN3C(=O)OCc3ccccc3)c2c1.CNS(=O)(=O)Cc1ccc2[nH]cc(C[C@H]3CCCN3C)c2c1. The summed E-state index contributed by atoms with van der Waals surface area (Å²) in [4.78, 5) is 23.5. The number of rotatable bonds is 12. The highest BCUT2D eigenvalue weighted by Gasteiger charge is 2.31. The molecule has 0 radical (unpaired) electrons. The second kappa shape index (κ2) is 16.9. The Morgan fingerprint density at radius 2 is 1.26 bits per heavy atom. The van der Waals surface area contributed by atoms with Gasteiger partial charge < -0.3 is 24.5 Å². The number of carbonyl (C=O) groups is 1. The summed E-state index contributed by atoms with van der Waals surface area (Å²) in [7, 11) is -1.53. The van der Waals surface area contributed by atoms with E-state index in [-0.39, 0.29) is 30.2 Å². The number of fused-ring (bicyclic) bond motifs is 2. The van der Waals surface area contributed by atoms with Gasteiger partial charge in [0, 0.05) is 52.8 Å². The van der Waals surface area contributed by atoms with Gasteiger partial charge in [0.15, 0.2) is 0 Å². The van der Waals surface area contributed by atoms with E-state index in [2.05, 4.69) is 37.6 Å². The van der Waals surface area contributed by atoms with Crippen LogP contribution in [-0.4, -0.2) is 89.0 Å². The van der Waals surface area contributed by atoms with E-state index < -0.39 is 20.0 Å². The topological polar surface area (TPSA) is 157 Å². The lowest BCUT2D eigenvalue weighted by atomic mass is 10.0. The largest absolute Gasteiger partial charge is 0.445 e. The fraction of sp³-hybridized carbons (Fsp3) is 0.410. The van der Waals surface area contributed by atoms with Crippen LogP contribution >= 0.6 is 0 Å². The molecule has 12 nitrogen and oxygen atoms in total. The van der Waals surface area contributed by atoms with Crippen molar-refractivity contribution in [3.05, 3.63) is 107 Å². The van der Waals surface area contributed by atoms with E-state index in [1.165, 1.54) is 39.0 Å². The van der Waals surface area contributed by atoms with Gasteiger partial charge in [-0.05, 0) is 118 Å². The number of likely N-dealkylation sites (tertiary alicyclic amines) is 2. The first-order valence-corrected chi connectivity index (χ1v) is 21.4. The van der Waals surface area contributed by atoms with E-state index >= 15 is 0 Å². The van der Waals surface area contributed by atoms with Crippen molar-refractivity contribution in [2.45, 2.75) is 68.7 Å². The maximum atomic E-state index is 12.7. The first-order valence-electron chi connectivity index (χ1n) is 18.1. The maximum Gasteiger partial charge on any atom is 0.410 e. The molecule has 14 heteroatoms. The Hall–Kier alpha value is -4.21. The summed E-state index contributed by atoms with van der Waals surface area (Å²) in [5.41, 5.74) is 6.89. The zero-order valence-electron chi connectivity index (χ0n) is 30.6. The van der Waals surface area contributed by atoms with Gasteiger partial charge in [-0.25, -0.2) is 31.1 Å². The van der Waals surface area contributed by atoms with Gasteiger partial charge in [-0.1, -0.05) is 42.5 Å².